The van der Waals surface area contributed by atoms with Gasteiger partial charge in [-0.25, -0.2) is 17.8 Å². The van der Waals surface area contributed by atoms with Crippen molar-refractivity contribution < 1.29 is 17.6 Å². The molecule has 4 aromatic rings. The van der Waals surface area contributed by atoms with Crippen molar-refractivity contribution in [3.8, 4) is 5.69 Å². The van der Waals surface area contributed by atoms with E-state index in [1.54, 1.807) is 24.4 Å². The van der Waals surface area contributed by atoms with Gasteiger partial charge in [-0.3, -0.25) is 9.78 Å². The second kappa shape index (κ2) is 8.51. The molecule has 1 aromatic carbocycles. The van der Waals surface area contributed by atoms with Crippen LogP contribution in [-0.2, 0) is 9.84 Å². The van der Waals surface area contributed by atoms with Gasteiger partial charge >= 0.3 is 0 Å². The third-order valence-corrected chi connectivity index (χ3v) is 6.22. The fraction of sp³-hybridized carbons (Fsp3) is 0.174. The van der Waals surface area contributed by atoms with Crippen molar-refractivity contribution in [2.75, 3.05) is 6.26 Å². The molecule has 3 heterocycles. The van der Waals surface area contributed by atoms with Gasteiger partial charge in [0.05, 0.1) is 23.3 Å². The molecule has 7 nitrogen and oxygen atoms in total. The number of pyridine rings is 2. The highest BCUT2D eigenvalue weighted by Gasteiger charge is 2.19. The molecule has 0 bridgehead atoms. The molecule has 0 saturated carbocycles. The number of benzene rings is 1. The van der Waals surface area contributed by atoms with E-state index in [1.807, 2.05) is 23.8 Å². The van der Waals surface area contributed by atoms with Crippen LogP contribution in [0, 0.1) is 5.82 Å². The summed E-state index contributed by atoms with van der Waals surface area (Å²) in [6.45, 7) is 1.92. The van der Waals surface area contributed by atoms with Crippen LogP contribution in [0.4, 0.5) is 4.39 Å². The number of fused-ring (bicyclic) bond motifs is 1. The van der Waals surface area contributed by atoms with E-state index >= 15 is 0 Å². The van der Waals surface area contributed by atoms with Gasteiger partial charge < -0.3 is 9.88 Å². The predicted molar refractivity (Wildman–Crippen MR) is 119 cm³/mol. The van der Waals surface area contributed by atoms with Crippen molar-refractivity contribution >= 4 is 26.6 Å². The molecule has 1 unspecified atom stereocenters. The number of nitrogens with one attached hydrogen (secondary N) is 1. The van der Waals surface area contributed by atoms with Crippen molar-refractivity contribution in [2.45, 2.75) is 24.4 Å². The molecule has 0 saturated heterocycles. The molecule has 1 N–H and O–H groups in total. The molecule has 0 aliphatic rings. The van der Waals surface area contributed by atoms with Gasteiger partial charge in [-0.05, 0) is 48.4 Å². The van der Waals surface area contributed by atoms with Gasteiger partial charge in [0.1, 0.15) is 5.82 Å². The summed E-state index contributed by atoms with van der Waals surface area (Å²) in [4.78, 5) is 21.3. The molecular formula is C23H21FN4O3S. The lowest BCUT2D eigenvalue weighted by atomic mass is 10.1. The lowest BCUT2D eigenvalue weighted by Crippen LogP contribution is -2.28. The molecule has 1 amide bonds. The maximum atomic E-state index is 13.3. The Balaban J connectivity index is 1.62. The van der Waals surface area contributed by atoms with Gasteiger partial charge in [-0.1, -0.05) is 13.0 Å². The summed E-state index contributed by atoms with van der Waals surface area (Å²) in [5, 5.41) is 3.67. The smallest absolute Gasteiger partial charge is 0.254 e. The first-order valence-corrected chi connectivity index (χ1v) is 11.8. The quantitative estimate of drug-likeness (QED) is 0.480. The van der Waals surface area contributed by atoms with E-state index in [9.17, 15) is 17.6 Å². The number of amides is 1. The molecule has 0 radical (unpaired) electrons. The summed E-state index contributed by atoms with van der Waals surface area (Å²) < 4.78 is 38.4. The van der Waals surface area contributed by atoms with Crippen LogP contribution in [0.15, 0.2) is 72.3 Å². The number of nitrogens with zero attached hydrogens (tertiary/aromatic N) is 3. The standard InChI is InChI=1S/C23H21FN4O3S/c1-3-20(15-4-9-22(26-12-15)32(2,30)31)27-23(29)19-13-25-14-21-18(19)10-11-28(21)17-7-5-16(24)6-8-17/h4-14,20H,3H2,1-2H3,(H,27,29). The van der Waals surface area contributed by atoms with Crippen LogP contribution in [0.5, 0.6) is 0 Å². The van der Waals surface area contributed by atoms with Gasteiger partial charge in [0.25, 0.3) is 5.91 Å². The fourth-order valence-corrected chi connectivity index (χ4v) is 4.10. The summed E-state index contributed by atoms with van der Waals surface area (Å²) >= 11 is 0. The number of halogens is 1. The van der Waals surface area contributed by atoms with Crippen molar-refractivity contribution in [2.24, 2.45) is 0 Å². The molecule has 3 aromatic heterocycles. The summed E-state index contributed by atoms with van der Waals surface area (Å²) in [7, 11) is -3.40. The van der Waals surface area contributed by atoms with Gasteiger partial charge in [-0.15, -0.1) is 0 Å². The Kier molecular flexibility index (Phi) is 5.75. The second-order valence-electron chi connectivity index (χ2n) is 7.42. The third kappa shape index (κ3) is 4.24. The Hall–Kier alpha value is -3.59. The zero-order valence-corrected chi connectivity index (χ0v) is 18.3. The van der Waals surface area contributed by atoms with E-state index in [1.165, 1.54) is 30.6 Å². The molecule has 0 aliphatic heterocycles. The first kappa shape index (κ1) is 21.6. The van der Waals surface area contributed by atoms with Crippen LogP contribution in [0.2, 0.25) is 0 Å². The first-order valence-electron chi connectivity index (χ1n) is 9.96. The summed E-state index contributed by atoms with van der Waals surface area (Å²) in [6.07, 6.45) is 8.12. The molecule has 9 heteroatoms. The van der Waals surface area contributed by atoms with Crippen LogP contribution in [0.3, 0.4) is 0 Å². The average Bonchev–Trinajstić information content (AvgIpc) is 3.21. The lowest BCUT2D eigenvalue weighted by Gasteiger charge is -2.17. The van der Waals surface area contributed by atoms with Crippen molar-refractivity contribution in [3.63, 3.8) is 0 Å². The van der Waals surface area contributed by atoms with Crippen molar-refractivity contribution in [1.29, 1.82) is 0 Å². The number of rotatable bonds is 6. The maximum Gasteiger partial charge on any atom is 0.254 e. The maximum absolute atomic E-state index is 13.3. The van der Waals surface area contributed by atoms with E-state index in [0.717, 1.165) is 17.5 Å². The Bertz CT molecular complexity index is 1380. The van der Waals surface area contributed by atoms with Crippen LogP contribution in [0.1, 0.15) is 35.3 Å². The number of aromatic nitrogens is 3. The summed E-state index contributed by atoms with van der Waals surface area (Å²) in [5.41, 5.74) is 2.58. The highest BCUT2D eigenvalue weighted by molar-refractivity contribution is 7.90. The molecule has 32 heavy (non-hydrogen) atoms. The topological polar surface area (TPSA) is 94.0 Å². The van der Waals surface area contributed by atoms with Crippen molar-refractivity contribution in [1.82, 2.24) is 19.9 Å². The molecule has 0 spiro atoms. The number of hydrogen-bond donors (Lipinski definition) is 1. The Labute approximate surface area is 184 Å². The normalized spacial score (nSPS) is 12.6. The van der Waals surface area contributed by atoms with Crippen molar-refractivity contribution in [3.05, 3.63) is 84.2 Å². The molecule has 4 rings (SSSR count). The zero-order chi connectivity index (χ0) is 22.9. The number of carbonyl (C=O) groups is 1. The average molecular weight is 453 g/mol. The van der Waals surface area contributed by atoms with Gasteiger partial charge in [0.15, 0.2) is 14.9 Å². The monoisotopic (exact) mass is 452 g/mol. The third-order valence-electron chi connectivity index (χ3n) is 5.22. The molecule has 0 fully saturated rings. The Morgan fingerprint density at radius 3 is 2.47 bits per heavy atom. The minimum Gasteiger partial charge on any atom is -0.345 e. The van der Waals surface area contributed by atoms with Gasteiger partial charge in [0, 0.05) is 35.9 Å². The first-order chi connectivity index (χ1) is 15.3. The van der Waals surface area contributed by atoms with E-state index in [4.69, 9.17) is 0 Å². The second-order valence-corrected chi connectivity index (χ2v) is 9.38. The summed E-state index contributed by atoms with van der Waals surface area (Å²) in [6, 6.07) is 10.6. The fourth-order valence-electron chi connectivity index (χ4n) is 3.54. The summed E-state index contributed by atoms with van der Waals surface area (Å²) in [5.74, 6) is -0.632. The SMILES string of the molecule is CCC(NC(=O)c1cncc2c1ccn2-c1ccc(F)cc1)c1ccc(S(C)(=O)=O)nc1. The highest BCUT2D eigenvalue weighted by Crippen LogP contribution is 2.24. The van der Waals surface area contributed by atoms with E-state index < -0.39 is 9.84 Å². The zero-order valence-electron chi connectivity index (χ0n) is 17.5. The lowest BCUT2D eigenvalue weighted by molar-refractivity contribution is 0.0937. The Morgan fingerprint density at radius 2 is 1.84 bits per heavy atom. The molecular weight excluding hydrogens is 431 g/mol. The number of hydrogen-bond acceptors (Lipinski definition) is 5. The molecule has 0 aliphatic carbocycles. The van der Waals surface area contributed by atoms with Crippen LogP contribution in [-0.4, -0.2) is 35.1 Å². The minimum atomic E-state index is -3.40. The van der Waals surface area contributed by atoms with E-state index in [0.29, 0.717) is 22.9 Å². The van der Waals surface area contributed by atoms with Crippen LogP contribution >= 0.6 is 0 Å². The highest BCUT2D eigenvalue weighted by atomic mass is 32.2. The number of sulfone groups is 1. The minimum absolute atomic E-state index is 0.0152. The predicted octanol–water partition coefficient (Wildman–Crippen LogP) is 3.84. The van der Waals surface area contributed by atoms with Gasteiger partial charge in [-0.2, -0.15) is 0 Å². The van der Waals surface area contributed by atoms with E-state index in [-0.39, 0.29) is 22.8 Å². The van der Waals surface area contributed by atoms with Crippen LogP contribution < -0.4 is 5.32 Å². The molecule has 164 valence electrons. The van der Waals surface area contributed by atoms with Crippen LogP contribution in [0.25, 0.3) is 16.6 Å². The largest absolute Gasteiger partial charge is 0.345 e. The van der Waals surface area contributed by atoms with E-state index in [2.05, 4.69) is 15.3 Å². The number of carbonyl (C=O) groups excluding carboxylic acids is 1. The van der Waals surface area contributed by atoms with Gasteiger partial charge in [0.2, 0.25) is 0 Å². The molecule has 1 atom stereocenters. The Morgan fingerprint density at radius 1 is 1.09 bits per heavy atom.